The number of methoxy groups -OCH3 is 2. The number of amides is 1. The van der Waals surface area contributed by atoms with Gasteiger partial charge in [0.1, 0.15) is 11.5 Å². The highest BCUT2D eigenvalue weighted by Gasteiger charge is 2.26. The summed E-state index contributed by atoms with van der Waals surface area (Å²) >= 11 is 0. The van der Waals surface area contributed by atoms with E-state index in [2.05, 4.69) is 5.32 Å². The van der Waals surface area contributed by atoms with E-state index in [9.17, 15) is 9.59 Å². The molecule has 0 aliphatic rings. The molecule has 0 aromatic heterocycles. The lowest BCUT2D eigenvalue weighted by Crippen LogP contribution is -2.26. The number of rotatable bonds is 8. The van der Waals surface area contributed by atoms with Gasteiger partial charge in [-0.25, -0.2) is 0 Å². The van der Waals surface area contributed by atoms with E-state index in [4.69, 9.17) is 14.2 Å². The third kappa shape index (κ3) is 5.85. The topological polar surface area (TPSA) is 73.9 Å². The first kappa shape index (κ1) is 21.9. The van der Waals surface area contributed by atoms with Crippen LogP contribution >= 0.6 is 0 Å². The van der Waals surface area contributed by atoms with E-state index < -0.39 is 18.0 Å². The van der Waals surface area contributed by atoms with Gasteiger partial charge in [0.2, 0.25) is 6.10 Å². The maximum absolute atomic E-state index is 13.0. The zero-order valence-corrected chi connectivity index (χ0v) is 17.8. The largest absolute Gasteiger partial charge is 0.497 e. The maximum atomic E-state index is 13.0. The highest BCUT2D eigenvalue weighted by Crippen LogP contribution is 2.25. The quantitative estimate of drug-likeness (QED) is 0.545. The lowest BCUT2D eigenvalue weighted by molar-refractivity contribution is -0.154. The standard InChI is InChI=1S/C25H25NO5/c1-17-12-13-22(30-3)19(14-17)15-23(27)31-24(18-8-5-4-6-9-18)25(28)26-20-10-7-11-21(16-20)29-2/h4-14,16,24H,15H2,1-3H3,(H,26,28)/t24-/m1/s1. The molecule has 0 aliphatic heterocycles. The zero-order valence-electron chi connectivity index (χ0n) is 17.8. The van der Waals surface area contributed by atoms with Crippen LogP contribution in [0, 0.1) is 6.92 Å². The molecule has 0 bridgehead atoms. The summed E-state index contributed by atoms with van der Waals surface area (Å²) in [5, 5.41) is 2.80. The number of carbonyl (C=O) groups is 2. The van der Waals surface area contributed by atoms with Crippen molar-refractivity contribution >= 4 is 17.6 Å². The summed E-state index contributed by atoms with van der Waals surface area (Å²) < 4.78 is 16.2. The monoisotopic (exact) mass is 419 g/mol. The predicted octanol–water partition coefficient (Wildman–Crippen LogP) is 4.48. The maximum Gasteiger partial charge on any atom is 0.311 e. The van der Waals surface area contributed by atoms with Gasteiger partial charge < -0.3 is 19.5 Å². The van der Waals surface area contributed by atoms with Crippen LogP contribution in [0.1, 0.15) is 22.8 Å². The lowest BCUT2D eigenvalue weighted by Gasteiger charge is -2.19. The lowest BCUT2D eigenvalue weighted by atomic mass is 10.1. The molecule has 1 atom stereocenters. The summed E-state index contributed by atoms with van der Waals surface area (Å²) in [6.07, 6.45) is -1.11. The first-order valence-corrected chi connectivity index (χ1v) is 9.83. The number of hydrogen-bond acceptors (Lipinski definition) is 5. The van der Waals surface area contributed by atoms with Crippen LogP contribution in [0.4, 0.5) is 5.69 Å². The molecular formula is C25H25NO5. The van der Waals surface area contributed by atoms with Gasteiger partial charge in [-0.05, 0) is 25.1 Å². The SMILES string of the molecule is COc1cccc(NC(=O)[C@H](OC(=O)Cc2cc(C)ccc2OC)c2ccccc2)c1. The Balaban J connectivity index is 1.80. The van der Waals surface area contributed by atoms with Crippen molar-refractivity contribution in [2.75, 3.05) is 19.5 Å². The van der Waals surface area contributed by atoms with Crippen molar-refractivity contribution in [3.05, 3.63) is 89.5 Å². The fourth-order valence-electron chi connectivity index (χ4n) is 3.18. The highest BCUT2D eigenvalue weighted by atomic mass is 16.5. The molecule has 0 spiro atoms. The van der Waals surface area contributed by atoms with Gasteiger partial charge in [-0.15, -0.1) is 0 Å². The zero-order chi connectivity index (χ0) is 22.2. The minimum Gasteiger partial charge on any atom is -0.497 e. The van der Waals surface area contributed by atoms with Crippen LogP contribution in [0.25, 0.3) is 0 Å². The summed E-state index contributed by atoms with van der Waals surface area (Å²) in [6.45, 7) is 1.93. The molecule has 3 aromatic rings. The molecule has 6 heteroatoms. The van der Waals surface area contributed by atoms with Crippen LogP contribution in [0.2, 0.25) is 0 Å². The molecule has 160 valence electrons. The fourth-order valence-corrected chi connectivity index (χ4v) is 3.18. The van der Waals surface area contributed by atoms with E-state index in [1.54, 1.807) is 62.8 Å². The molecule has 0 radical (unpaired) electrons. The molecule has 6 nitrogen and oxygen atoms in total. The minimum atomic E-state index is -1.10. The van der Waals surface area contributed by atoms with Crippen molar-refractivity contribution in [2.45, 2.75) is 19.4 Å². The Morgan fingerprint density at radius 2 is 1.68 bits per heavy atom. The van der Waals surface area contributed by atoms with Crippen molar-refractivity contribution < 1.29 is 23.8 Å². The Labute approximate surface area is 181 Å². The van der Waals surface area contributed by atoms with E-state index in [1.165, 1.54) is 0 Å². The smallest absolute Gasteiger partial charge is 0.311 e. The summed E-state index contributed by atoms with van der Waals surface area (Å²) in [4.78, 5) is 25.8. The number of benzene rings is 3. The van der Waals surface area contributed by atoms with Crippen LogP contribution in [-0.2, 0) is 20.7 Å². The Bertz CT molecular complexity index is 1050. The van der Waals surface area contributed by atoms with Gasteiger partial charge in [-0.3, -0.25) is 9.59 Å². The molecule has 3 rings (SSSR count). The molecule has 1 N–H and O–H groups in total. The molecule has 0 saturated carbocycles. The van der Waals surface area contributed by atoms with Gasteiger partial charge in [0.15, 0.2) is 0 Å². The average molecular weight is 419 g/mol. The second-order valence-electron chi connectivity index (χ2n) is 6.99. The fraction of sp³-hybridized carbons (Fsp3) is 0.200. The van der Waals surface area contributed by atoms with Crippen LogP contribution < -0.4 is 14.8 Å². The molecule has 0 heterocycles. The van der Waals surface area contributed by atoms with Crippen molar-refractivity contribution in [1.29, 1.82) is 0 Å². The predicted molar refractivity (Wildman–Crippen MR) is 118 cm³/mol. The second-order valence-corrected chi connectivity index (χ2v) is 6.99. The number of nitrogens with one attached hydrogen (secondary N) is 1. The van der Waals surface area contributed by atoms with Gasteiger partial charge in [-0.2, -0.15) is 0 Å². The number of ether oxygens (including phenoxy) is 3. The number of aryl methyl sites for hydroxylation is 1. The van der Waals surface area contributed by atoms with Gasteiger partial charge in [-0.1, -0.05) is 54.1 Å². The molecule has 3 aromatic carbocycles. The molecule has 0 saturated heterocycles. The Morgan fingerprint density at radius 1 is 0.903 bits per heavy atom. The number of esters is 1. The number of hydrogen-bond donors (Lipinski definition) is 1. The van der Waals surface area contributed by atoms with Gasteiger partial charge >= 0.3 is 5.97 Å². The summed E-state index contributed by atoms with van der Waals surface area (Å²) in [6, 6.07) is 21.5. The molecule has 0 fully saturated rings. The third-order valence-electron chi connectivity index (χ3n) is 4.70. The number of carbonyl (C=O) groups excluding carboxylic acids is 2. The van der Waals surface area contributed by atoms with Crippen LogP contribution in [0.15, 0.2) is 72.8 Å². The summed E-state index contributed by atoms with van der Waals surface area (Å²) in [5.74, 6) is 0.222. The van der Waals surface area contributed by atoms with Gasteiger partial charge in [0.25, 0.3) is 5.91 Å². The van der Waals surface area contributed by atoms with Crippen LogP contribution in [0.5, 0.6) is 11.5 Å². The second kappa shape index (κ2) is 10.3. The number of anilines is 1. The molecule has 0 unspecified atom stereocenters. The van der Waals surface area contributed by atoms with E-state index in [0.717, 1.165) is 5.56 Å². The molecular weight excluding hydrogens is 394 g/mol. The van der Waals surface area contributed by atoms with Gasteiger partial charge in [0.05, 0.1) is 20.6 Å². The van der Waals surface area contributed by atoms with E-state index in [1.807, 2.05) is 31.2 Å². The van der Waals surface area contributed by atoms with E-state index >= 15 is 0 Å². The van der Waals surface area contributed by atoms with Gasteiger partial charge in [0, 0.05) is 22.9 Å². The average Bonchev–Trinajstić information content (AvgIpc) is 2.78. The summed E-state index contributed by atoms with van der Waals surface area (Å²) in [5.41, 5.74) is 2.82. The normalized spacial score (nSPS) is 11.3. The van der Waals surface area contributed by atoms with Crippen molar-refractivity contribution in [2.24, 2.45) is 0 Å². The third-order valence-corrected chi connectivity index (χ3v) is 4.70. The first-order chi connectivity index (χ1) is 15.0. The van der Waals surface area contributed by atoms with Crippen molar-refractivity contribution in [1.82, 2.24) is 0 Å². The first-order valence-electron chi connectivity index (χ1n) is 9.83. The Morgan fingerprint density at radius 3 is 2.39 bits per heavy atom. The van der Waals surface area contributed by atoms with E-state index in [-0.39, 0.29) is 6.42 Å². The highest BCUT2D eigenvalue weighted by molar-refractivity contribution is 5.96. The Hall–Kier alpha value is -3.80. The minimum absolute atomic E-state index is 0.0133. The van der Waals surface area contributed by atoms with E-state index in [0.29, 0.717) is 28.3 Å². The van der Waals surface area contributed by atoms with Crippen molar-refractivity contribution in [3.8, 4) is 11.5 Å². The van der Waals surface area contributed by atoms with Crippen LogP contribution in [0.3, 0.4) is 0 Å². The van der Waals surface area contributed by atoms with Crippen LogP contribution in [-0.4, -0.2) is 26.1 Å². The summed E-state index contributed by atoms with van der Waals surface area (Å²) in [7, 11) is 3.10. The molecule has 1 amide bonds. The molecule has 0 aliphatic carbocycles. The Kier molecular flexibility index (Phi) is 7.27. The molecule has 31 heavy (non-hydrogen) atoms. The van der Waals surface area contributed by atoms with Crippen molar-refractivity contribution in [3.63, 3.8) is 0 Å².